The van der Waals surface area contributed by atoms with Gasteiger partial charge in [0.25, 0.3) is 0 Å². The number of carboxylic acids is 1. The van der Waals surface area contributed by atoms with Gasteiger partial charge in [0.2, 0.25) is 0 Å². The number of hydrogen-bond acceptors (Lipinski definition) is 2. The molecule has 1 aromatic carbocycles. The Morgan fingerprint density at radius 3 is 2.84 bits per heavy atom. The van der Waals surface area contributed by atoms with Gasteiger partial charge in [-0.2, -0.15) is 5.26 Å². The Hall–Kier alpha value is -2.61. The predicted octanol–water partition coefficient (Wildman–Crippen LogP) is 2.55. The number of hydrogen-bond donors (Lipinski definition) is 1. The first-order valence-corrected chi connectivity index (χ1v) is 5.60. The Bertz CT molecular complexity index is 683. The molecule has 2 rings (SSSR count). The SMILES string of the molecule is Cc1ccn(Cc2cc(F)cc(C#N)c2)c1C(=O)O. The van der Waals surface area contributed by atoms with E-state index in [1.54, 1.807) is 25.3 Å². The second kappa shape index (κ2) is 4.94. The Balaban J connectivity index is 2.40. The standard InChI is InChI=1S/C14H11FN2O2/c1-9-2-3-17(13(9)14(18)19)8-11-4-10(7-16)5-12(15)6-11/h2-6H,8H2,1H3,(H,18,19). The van der Waals surface area contributed by atoms with Crippen molar-refractivity contribution in [3.05, 3.63) is 58.7 Å². The minimum Gasteiger partial charge on any atom is -0.477 e. The normalized spacial score (nSPS) is 10.2. The minimum absolute atomic E-state index is 0.169. The molecular formula is C14H11FN2O2. The van der Waals surface area contributed by atoms with Crippen LogP contribution in [-0.2, 0) is 6.54 Å². The summed E-state index contributed by atoms with van der Waals surface area (Å²) in [5.41, 5.74) is 1.58. The van der Waals surface area contributed by atoms with Crippen molar-refractivity contribution < 1.29 is 14.3 Å². The lowest BCUT2D eigenvalue weighted by atomic mass is 10.1. The van der Waals surface area contributed by atoms with Gasteiger partial charge in [0.05, 0.1) is 11.6 Å². The highest BCUT2D eigenvalue weighted by atomic mass is 19.1. The van der Waals surface area contributed by atoms with Crippen LogP contribution in [0, 0.1) is 24.1 Å². The van der Waals surface area contributed by atoms with Gasteiger partial charge in [-0.05, 0) is 42.3 Å². The average molecular weight is 258 g/mol. The van der Waals surface area contributed by atoms with Crippen molar-refractivity contribution in [2.45, 2.75) is 13.5 Å². The van der Waals surface area contributed by atoms with Gasteiger partial charge < -0.3 is 9.67 Å². The van der Waals surface area contributed by atoms with Crippen LogP contribution in [-0.4, -0.2) is 15.6 Å². The van der Waals surface area contributed by atoms with Crippen molar-refractivity contribution in [3.8, 4) is 6.07 Å². The van der Waals surface area contributed by atoms with Crippen molar-refractivity contribution in [3.63, 3.8) is 0 Å². The van der Waals surface area contributed by atoms with Gasteiger partial charge in [0, 0.05) is 12.7 Å². The topological polar surface area (TPSA) is 66.0 Å². The quantitative estimate of drug-likeness (QED) is 0.920. The zero-order chi connectivity index (χ0) is 14.0. The second-order valence-electron chi connectivity index (χ2n) is 4.24. The summed E-state index contributed by atoms with van der Waals surface area (Å²) in [6, 6.07) is 7.54. The molecule has 2 aromatic rings. The zero-order valence-corrected chi connectivity index (χ0v) is 10.2. The van der Waals surface area contributed by atoms with Crippen LogP contribution in [0.15, 0.2) is 30.5 Å². The first-order valence-electron chi connectivity index (χ1n) is 5.60. The molecule has 0 radical (unpaired) electrons. The molecule has 1 aromatic heterocycles. The number of aromatic nitrogens is 1. The molecule has 0 bridgehead atoms. The van der Waals surface area contributed by atoms with Crippen LogP contribution >= 0.6 is 0 Å². The van der Waals surface area contributed by atoms with Crippen LogP contribution in [0.2, 0.25) is 0 Å². The molecule has 0 aliphatic rings. The molecule has 0 saturated heterocycles. The molecule has 1 heterocycles. The van der Waals surface area contributed by atoms with Crippen LogP contribution in [0.4, 0.5) is 4.39 Å². The summed E-state index contributed by atoms with van der Waals surface area (Å²) >= 11 is 0. The summed E-state index contributed by atoms with van der Waals surface area (Å²) in [5, 5.41) is 17.9. The summed E-state index contributed by atoms with van der Waals surface area (Å²) < 4.78 is 14.8. The van der Waals surface area contributed by atoms with Crippen molar-refractivity contribution >= 4 is 5.97 Å². The fourth-order valence-corrected chi connectivity index (χ4v) is 2.01. The van der Waals surface area contributed by atoms with Crippen LogP contribution in [0.1, 0.15) is 27.2 Å². The van der Waals surface area contributed by atoms with E-state index in [1.807, 2.05) is 6.07 Å². The van der Waals surface area contributed by atoms with Gasteiger partial charge in [-0.1, -0.05) is 0 Å². The number of nitrogens with zero attached hydrogens (tertiary/aromatic N) is 2. The molecule has 0 aliphatic heterocycles. The summed E-state index contributed by atoms with van der Waals surface area (Å²) in [4.78, 5) is 11.1. The number of carbonyl (C=O) groups is 1. The molecule has 0 unspecified atom stereocenters. The first-order chi connectivity index (χ1) is 9.01. The summed E-state index contributed by atoms with van der Waals surface area (Å²) in [6.07, 6.45) is 1.63. The monoisotopic (exact) mass is 258 g/mol. The fraction of sp³-hybridized carbons (Fsp3) is 0.143. The minimum atomic E-state index is -1.03. The Morgan fingerprint density at radius 2 is 2.21 bits per heavy atom. The summed E-state index contributed by atoms with van der Waals surface area (Å²) in [6.45, 7) is 1.91. The predicted molar refractivity (Wildman–Crippen MR) is 66.3 cm³/mol. The van der Waals surface area contributed by atoms with Crippen molar-refractivity contribution in [1.82, 2.24) is 4.57 Å². The second-order valence-corrected chi connectivity index (χ2v) is 4.24. The van der Waals surface area contributed by atoms with Gasteiger partial charge in [0.1, 0.15) is 11.5 Å². The number of nitriles is 1. The van der Waals surface area contributed by atoms with Gasteiger partial charge in [-0.15, -0.1) is 0 Å². The van der Waals surface area contributed by atoms with Crippen molar-refractivity contribution in [2.75, 3.05) is 0 Å². The summed E-state index contributed by atoms with van der Waals surface area (Å²) in [7, 11) is 0. The maximum atomic E-state index is 13.3. The van der Waals surface area contributed by atoms with Crippen LogP contribution in [0.5, 0.6) is 0 Å². The maximum Gasteiger partial charge on any atom is 0.352 e. The molecule has 4 nitrogen and oxygen atoms in total. The molecule has 0 amide bonds. The first kappa shape index (κ1) is 12.8. The van der Waals surface area contributed by atoms with E-state index in [2.05, 4.69) is 0 Å². The Morgan fingerprint density at radius 1 is 1.47 bits per heavy atom. The lowest BCUT2D eigenvalue weighted by Crippen LogP contribution is -2.10. The highest BCUT2D eigenvalue weighted by Gasteiger charge is 2.13. The zero-order valence-electron chi connectivity index (χ0n) is 10.2. The Kier molecular flexibility index (Phi) is 3.34. The number of aromatic carboxylic acids is 1. The third kappa shape index (κ3) is 2.63. The van der Waals surface area contributed by atoms with E-state index in [-0.39, 0.29) is 17.8 Å². The third-order valence-corrected chi connectivity index (χ3v) is 2.81. The molecule has 19 heavy (non-hydrogen) atoms. The molecule has 1 N–H and O–H groups in total. The van der Waals surface area contributed by atoms with Crippen LogP contribution in [0.3, 0.4) is 0 Å². The van der Waals surface area contributed by atoms with E-state index in [1.165, 1.54) is 10.6 Å². The van der Waals surface area contributed by atoms with Gasteiger partial charge >= 0.3 is 5.97 Å². The number of aryl methyl sites for hydroxylation is 1. The molecule has 0 aliphatic carbocycles. The van der Waals surface area contributed by atoms with E-state index in [0.717, 1.165) is 6.07 Å². The van der Waals surface area contributed by atoms with Crippen molar-refractivity contribution in [2.24, 2.45) is 0 Å². The highest BCUT2D eigenvalue weighted by molar-refractivity contribution is 5.87. The molecule has 0 saturated carbocycles. The third-order valence-electron chi connectivity index (χ3n) is 2.81. The van der Waals surface area contributed by atoms with Gasteiger partial charge in [0.15, 0.2) is 0 Å². The lowest BCUT2D eigenvalue weighted by Gasteiger charge is -2.08. The largest absolute Gasteiger partial charge is 0.477 e. The number of benzene rings is 1. The molecule has 0 spiro atoms. The lowest BCUT2D eigenvalue weighted by molar-refractivity contribution is 0.0685. The van der Waals surface area contributed by atoms with Crippen LogP contribution in [0.25, 0.3) is 0 Å². The van der Waals surface area contributed by atoms with E-state index < -0.39 is 11.8 Å². The van der Waals surface area contributed by atoms with E-state index in [0.29, 0.717) is 11.1 Å². The number of carboxylic acid groups (broad SMARTS) is 1. The summed E-state index contributed by atoms with van der Waals surface area (Å²) in [5.74, 6) is -1.53. The number of rotatable bonds is 3. The molecule has 5 heteroatoms. The van der Waals surface area contributed by atoms with Gasteiger partial charge in [-0.3, -0.25) is 0 Å². The van der Waals surface area contributed by atoms with Gasteiger partial charge in [-0.25, -0.2) is 9.18 Å². The van der Waals surface area contributed by atoms with Crippen LogP contribution < -0.4 is 0 Å². The fourth-order valence-electron chi connectivity index (χ4n) is 2.01. The van der Waals surface area contributed by atoms with Crippen molar-refractivity contribution in [1.29, 1.82) is 5.26 Å². The van der Waals surface area contributed by atoms with E-state index in [4.69, 9.17) is 10.4 Å². The highest BCUT2D eigenvalue weighted by Crippen LogP contribution is 2.15. The smallest absolute Gasteiger partial charge is 0.352 e. The molecule has 0 atom stereocenters. The molecule has 0 fully saturated rings. The van der Waals surface area contributed by atoms with E-state index >= 15 is 0 Å². The Labute approximate surface area is 109 Å². The maximum absolute atomic E-state index is 13.3. The molecular weight excluding hydrogens is 247 g/mol. The number of halogens is 1. The molecule has 96 valence electrons. The van der Waals surface area contributed by atoms with E-state index in [9.17, 15) is 9.18 Å². The average Bonchev–Trinajstić information content (AvgIpc) is 2.69.